The summed E-state index contributed by atoms with van der Waals surface area (Å²) in [5.41, 5.74) is 2.54. The maximum atomic E-state index is 12.2. The van der Waals surface area contributed by atoms with E-state index in [9.17, 15) is 9.35 Å². The van der Waals surface area contributed by atoms with Gasteiger partial charge in [0.2, 0.25) is 0 Å². The maximum Gasteiger partial charge on any atom is 0.310 e. The second-order valence-electron chi connectivity index (χ2n) is 14.2. The van der Waals surface area contributed by atoms with Crippen LogP contribution < -0.4 is 0 Å². The molecular formula is C33H56O4S. The van der Waals surface area contributed by atoms with Gasteiger partial charge in [0.25, 0.3) is 0 Å². The van der Waals surface area contributed by atoms with Crippen molar-refractivity contribution in [3.8, 4) is 0 Å². The van der Waals surface area contributed by atoms with Gasteiger partial charge in [-0.1, -0.05) is 76.7 Å². The van der Waals surface area contributed by atoms with Crippen molar-refractivity contribution in [3.63, 3.8) is 0 Å². The van der Waals surface area contributed by atoms with Crippen LogP contribution in [0.2, 0.25) is 0 Å². The molecule has 0 saturated heterocycles. The Morgan fingerprint density at radius 3 is 2.61 bits per heavy atom. The smallest absolute Gasteiger partial charge is 0.310 e. The number of hydrogen-bond donors (Lipinski definition) is 0. The van der Waals surface area contributed by atoms with E-state index in [4.69, 9.17) is 4.74 Å². The number of ether oxygens (including phenoxy) is 2. The summed E-state index contributed by atoms with van der Waals surface area (Å²) >= 11 is -1.03. The fourth-order valence-corrected chi connectivity index (χ4v) is 10.4. The molecule has 3 saturated carbocycles. The van der Waals surface area contributed by atoms with Crippen molar-refractivity contribution < 1.29 is 18.8 Å². The van der Waals surface area contributed by atoms with E-state index in [-0.39, 0.29) is 18.5 Å². The summed E-state index contributed by atoms with van der Waals surface area (Å²) in [6.07, 6.45) is 17.7. The molecule has 0 bridgehead atoms. The highest BCUT2D eigenvalue weighted by molar-refractivity contribution is 7.91. The van der Waals surface area contributed by atoms with Crippen LogP contribution in [0.3, 0.4) is 0 Å². The van der Waals surface area contributed by atoms with Crippen LogP contribution in [0.5, 0.6) is 0 Å². The molecule has 0 N–H and O–H groups in total. The Balaban J connectivity index is 1.31. The molecule has 3 fully saturated rings. The van der Waals surface area contributed by atoms with E-state index in [2.05, 4.69) is 45.4 Å². The standard InChI is InChI=1S/C33H56O4S/c1-23(2)8-7-9-24(3)28-12-13-29-27-11-10-25-22-26(37-19-21-38(35)20-16-31(34)36-6)14-17-32(25,4)30(27)15-18-33(28,29)5/h10,23-24,26-30H,7-9,11-22H2,1-6H3/t24-,26+,27+,28-,29+,30+,32+,33-,38?/m1/s1. The molecular weight excluding hydrogens is 492 g/mol. The van der Waals surface area contributed by atoms with Crippen LogP contribution in [0, 0.1) is 46.3 Å². The molecule has 9 atom stereocenters. The van der Waals surface area contributed by atoms with E-state index in [0.717, 1.165) is 48.3 Å². The fourth-order valence-electron chi connectivity index (χ4n) is 9.50. The Morgan fingerprint density at radius 2 is 1.87 bits per heavy atom. The zero-order chi connectivity index (χ0) is 27.5. The van der Waals surface area contributed by atoms with Gasteiger partial charge in [-0.2, -0.15) is 0 Å². The number of carbonyl (C=O) groups is 1. The van der Waals surface area contributed by atoms with Crippen LogP contribution in [0.1, 0.15) is 112 Å². The average Bonchev–Trinajstić information content (AvgIpc) is 3.24. The summed E-state index contributed by atoms with van der Waals surface area (Å²) < 4.78 is 23.1. The third-order valence-electron chi connectivity index (χ3n) is 11.7. The Bertz CT molecular complexity index is 826. The topological polar surface area (TPSA) is 58.6 Å². The lowest BCUT2D eigenvalue weighted by Gasteiger charge is -2.58. The van der Waals surface area contributed by atoms with Gasteiger partial charge in [0.1, 0.15) is 11.5 Å². The SMILES string of the molecule is COC(=O)CC[S+]([O-])CCO[C@H]1CC[C@@]2(C)C(=CC[C@H]3[C@@H]4CC[C@H]([C@H](C)CCCC(C)C)[C@@]4(C)CC[C@@H]32)C1. The van der Waals surface area contributed by atoms with Gasteiger partial charge >= 0.3 is 5.97 Å². The highest BCUT2D eigenvalue weighted by Crippen LogP contribution is 2.67. The Morgan fingerprint density at radius 1 is 1.08 bits per heavy atom. The van der Waals surface area contributed by atoms with E-state index in [1.54, 1.807) is 5.57 Å². The highest BCUT2D eigenvalue weighted by atomic mass is 32.2. The predicted molar refractivity (Wildman–Crippen MR) is 157 cm³/mol. The monoisotopic (exact) mass is 548 g/mol. The molecule has 218 valence electrons. The molecule has 0 aliphatic heterocycles. The number of rotatable bonds is 12. The number of hydrogen-bond acceptors (Lipinski definition) is 4. The van der Waals surface area contributed by atoms with Gasteiger partial charge in [-0.3, -0.25) is 4.79 Å². The number of fused-ring (bicyclic) bond motifs is 5. The Hall–Kier alpha value is -0.520. The van der Waals surface area contributed by atoms with Crippen molar-refractivity contribution in [2.45, 2.75) is 118 Å². The molecule has 4 aliphatic rings. The molecule has 0 amide bonds. The van der Waals surface area contributed by atoms with Crippen molar-refractivity contribution in [1.82, 2.24) is 0 Å². The minimum Gasteiger partial charge on any atom is -0.616 e. The molecule has 5 heteroatoms. The van der Waals surface area contributed by atoms with E-state index in [1.165, 1.54) is 64.9 Å². The van der Waals surface area contributed by atoms with E-state index in [1.807, 2.05) is 0 Å². The van der Waals surface area contributed by atoms with Crippen molar-refractivity contribution in [1.29, 1.82) is 0 Å². The van der Waals surface area contributed by atoms with Crippen molar-refractivity contribution >= 4 is 17.1 Å². The first-order valence-electron chi connectivity index (χ1n) is 15.8. The molecule has 0 aromatic rings. The number of esters is 1. The number of methoxy groups -OCH3 is 1. The average molecular weight is 549 g/mol. The molecule has 0 aromatic heterocycles. The van der Waals surface area contributed by atoms with Crippen LogP contribution in [0.25, 0.3) is 0 Å². The van der Waals surface area contributed by atoms with E-state index in [0.29, 0.717) is 28.9 Å². The molecule has 1 unspecified atom stereocenters. The molecule has 4 nitrogen and oxygen atoms in total. The first-order chi connectivity index (χ1) is 18.1. The van der Waals surface area contributed by atoms with Gasteiger partial charge in [-0.15, -0.1) is 0 Å². The summed E-state index contributed by atoms with van der Waals surface area (Å²) in [6, 6.07) is 0. The van der Waals surface area contributed by atoms with Crippen molar-refractivity contribution in [3.05, 3.63) is 11.6 Å². The first-order valence-corrected chi connectivity index (χ1v) is 17.3. The summed E-state index contributed by atoms with van der Waals surface area (Å²) in [4.78, 5) is 11.3. The summed E-state index contributed by atoms with van der Waals surface area (Å²) in [7, 11) is 1.38. The zero-order valence-corrected chi connectivity index (χ0v) is 26.1. The predicted octanol–water partition coefficient (Wildman–Crippen LogP) is 7.72. The number of carbonyl (C=O) groups excluding carboxylic acids is 1. The molecule has 4 aliphatic carbocycles. The molecule has 0 radical (unpaired) electrons. The van der Waals surface area contributed by atoms with Crippen LogP contribution >= 0.6 is 0 Å². The van der Waals surface area contributed by atoms with Crippen LogP contribution in [-0.2, 0) is 25.4 Å². The van der Waals surface area contributed by atoms with Crippen LogP contribution in [0.4, 0.5) is 0 Å². The molecule has 0 aromatic carbocycles. The second kappa shape index (κ2) is 13.0. The van der Waals surface area contributed by atoms with Crippen molar-refractivity contribution in [2.75, 3.05) is 25.2 Å². The van der Waals surface area contributed by atoms with E-state index >= 15 is 0 Å². The zero-order valence-electron chi connectivity index (χ0n) is 25.3. The third kappa shape index (κ3) is 6.51. The molecule has 38 heavy (non-hydrogen) atoms. The van der Waals surface area contributed by atoms with Gasteiger partial charge in [0.15, 0.2) is 0 Å². The summed E-state index contributed by atoms with van der Waals surface area (Å²) in [5, 5.41) is 0. The molecule has 4 rings (SSSR count). The second-order valence-corrected chi connectivity index (χ2v) is 15.9. The normalized spacial score (nSPS) is 38.1. The van der Waals surface area contributed by atoms with Gasteiger partial charge in [-0.05, 0) is 97.7 Å². The Kier molecular flexibility index (Phi) is 10.4. The number of allylic oxidation sites excluding steroid dienone is 1. The minimum absolute atomic E-state index is 0.220. The largest absolute Gasteiger partial charge is 0.616 e. The van der Waals surface area contributed by atoms with Gasteiger partial charge in [0, 0.05) is 0 Å². The van der Waals surface area contributed by atoms with Gasteiger partial charge < -0.3 is 14.0 Å². The van der Waals surface area contributed by atoms with Crippen LogP contribution in [0.15, 0.2) is 11.6 Å². The maximum absolute atomic E-state index is 12.2. The lowest BCUT2D eigenvalue weighted by atomic mass is 9.47. The van der Waals surface area contributed by atoms with E-state index < -0.39 is 11.2 Å². The third-order valence-corrected chi connectivity index (χ3v) is 13.0. The summed E-state index contributed by atoms with van der Waals surface area (Å²) in [6.45, 7) is 13.1. The van der Waals surface area contributed by atoms with Gasteiger partial charge in [0.05, 0.1) is 26.2 Å². The fraction of sp³-hybridized carbons (Fsp3) is 0.909. The van der Waals surface area contributed by atoms with Crippen LogP contribution in [-0.4, -0.2) is 41.8 Å². The van der Waals surface area contributed by atoms with Crippen molar-refractivity contribution in [2.24, 2.45) is 46.3 Å². The first kappa shape index (κ1) is 30.4. The van der Waals surface area contributed by atoms with Gasteiger partial charge in [-0.25, -0.2) is 0 Å². The quantitative estimate of drug-likeness (QED) is 0.142. The molecule has 0 heterocycles. The minimum atomic E-state index is -1.03. The highest BCUT2D eigenvalue weighted by Gasteiger charge is 2.59. The summed E-state index contributed by atoms with van der Waals surface area (Å²) in [5.74, 6) is 5.80. The Labute approximate surface area is 236 Å². The molecule has 0 spiro atoms. The lowest BCUT2D eigenvalue weighted by molar-refractivity contribution is -0.140. The lowest BCUT2D eigenvalue weighted by Crippen LogP contribution is -2.51.